The van der Waals surface area contributed by atoms with Crippen molar-refractivity contribution in [3.05, 3.63) is 76.5 Å². The van der Waals surface area contributed by atoms with Crippen LogP contribution in [0.25, 0.3) is 10.9 Å². The van der Waals surface area contributed by atoms with E-state index in [0.717, 1.165) is 22.5 Å². The van der Waals surface area contributed by atoms with Crippen molar-refractivity contribution < 1.29 is 13.3 Å². The fourth-order valence-corrected chi connectivity index (χ4v) is 3.38. The molecule has 0 saturated carbocycles. The van der Waals surface area contributed by atoms with Gasteiger partial charge in [-0.25, -0.2) is 13.1 Å². The number of non-ortho nitro benzene ring substituents is 1. The maximum absolute atomic E-state index is 12.4. The average Bonchev–Trinajstić information content (AvgIpc) is 2.60. The zero-order valence-corrected chi connectivity index (χ0v) is 13.2. The zero-order valence-electron chi connectivity index (χ0n) is 12.4. The van der Waals surface area contributed by atoms with Crippen LogP contribution in [0.2, 0.25) is 0 Å². The Labute approximate surface area is 138 Å². The van der Waals surface area contributed by atoms with Crippen LogP contribution < -0.4 is 4.72 Å². The third-order valence-electron chi connectivity index (χ3n) is 3.53. The van der Waals surface area contributed by atoms with E-state index in [2.05, 4.69) is 9.71 Å². The third-order valence-corrected chi connectivity index (χ3v) is 4.93. The van der Waals surface area contributed by atoms with E-state index in [0.29, 0.717) is 0 Å². The summed E-state index contributed by atoms with van der Waals surface area (Å²) in [6.45, 7) is 0.0636. The highest BCUT2D eigenvalue weighted by Gasteiger charge is 2.17. The van der Waals surface area contributed by atoms with Gasteiger partial charge in [-0.05, 0) is 23.8 Å². The van der Waals surface area contributed by atoms with Crippen molar-refractivity contribution in [1.29, 1.82) is 0 Å². The highest BCUT2D eigenvalue weighted by molar-refractivity contribution is 7.89. The van der Waals surface area contributed by atoms with E-state index in [9.17, 15) is 18.5 Å². The maximum Gasteiger partial charge on any atom is 0.270 e. The van der Waals surface area contributed by atoms with Gasteiger partial charge in [0.1, 0.15) is 0 Å². The van der Waals surface area contributed by atoms with Crippen LogP contribution in [0.5, 0.6) is 0 Å². The Bertz CT molecular complexity index is 1010. The van der Waals surface area contributed by atoms with Gasteiger partial charge in [-0.1, -0.05) is 24.3 Å². The van der Waals surface area contributed by atoms with Gasteiger partial charge in [-0.15, -0.1) is 0 Å². The highest BCUT2D eigenvalue weighted by atomic mass is 32.2. The van der Waals surface area contributed by atoms with Crippen molar-refractivity contribution in [1.82, 2.24) is 9.71 Å². The van der Waals surface area contributed by atoms with Crippen molar-refractivity contribution >= 4 is 26.6 Å². The minimum atomic E-state index is -3.86. The Kier molecular flexibility index (Phi) is 4.24. The number of benzene rings is 2. The largest absolute Gasteiger partial charge is 0.270 e. The molecule has 0 spiro atoms. The number of fused-ring (bicyclic) bond motifs is 1. The molecule has 0 fully saturated rings. The summed E-state index contributed by atoms with van der Waals surface area (Å²) < 4.78 is 27.2. The fourth-order valence-electron chi connectivity index (χ4n) is 2.33. The molecule has 3 aromatic rings. The average molecular weight is 343 g/mol. The minimum Gasteiger partial charge on any atom is -0.258 e. The molecule has 0 aliphatic heterocycles. The van der Waals surface area contributed by atoms with E-state index in [1.54, 1.807) is 12.3 Å². The number of sulfonamides is 1. The van der Waals surface area contributed by atoms with Crippen molar-refractivity contribution in [2.45, 2.75) is 11.4 Å². The summed E-state index contributed by atoms with van der Waals surface area (Å²) in [5, 5.41) is 11.6. The molecule has 1 N–H and O–H groups in total. The molecule has 2 aromatic carbocycles. The van der Waals surface area contributed by atoms with Crippen LogP contribution in [0.3, 0.4) is 0 Å². The highest BCUT2D eigenvalue weighted by Crippen LogP contribution is 2.19. The summed E-state index contributed by atoms with van der Waals surface area (Å²) in [6, 6.07) is 14.1. The predicted molar refractivity (Wildman–Crippen MR) is 88.9 cm³/mol. The number of nitro benzene ring substituents is 1. The molecule has 1 aromatic heterocycles. The summed E-state index contributed by atoms with van der Waals surface area (Å²) in [7, 11) is -3.86. The molecule has 24 heavy (non-hydrogen) atoms. The molecule has 0 atom stereocenters. The molecule has 3 rings (SSSR count). The number of hydrogen-bond donors (Lipinski definition) is 1. The third kappa shape index (κ3) is 3.24. The number of nitro groups is 1. The van der Waals surface area contributed by atoms with Crippen LogP contribution in [-0.2, 0) is 16.6 Å². The molecule has 0 aliphatic carbocycles. The second kappa shape index (κ2) is 6.34. The molecule has 0 saturated heterocycles. The van der Waals surface area contributed by atoms with Gasteiger partial charge in [0.05, 0.1) is 15.3 Å². The molecule has 8 heteroatoms. The lowest BCUT2D eigenvalue weighted by atomic mass is 10.1. The Balaban J connectivity index is 1.87. The van der Waals surface area contributed by atoms with Gasteiger partial charge in [0.15, 0.2) is 0 Å². The first-order chi connectivity index (χ1) is 11.5. The topological polar surface area (TPSA) is 102 Å². The molecule has 1 heterocycles. The summed E-state index contributed by atoms with van der Waals surface area (Å²) in [5.41, 5.74) is 1.27. The normalized spacial score (nSPS) is 11.5. The van der Waals surface area contributed by atoms with E-state index in [-0.39, 0.29) is 17.1 Å². The van der Waals surface area contributed by atoms with Crippen LogP contribution in [0, 0.1) is 10.1 Å². The van der Waals surface area contributed by atoms with Crippen LogP contribution in [-0.4, -0.2) is 18.3 Å². The van der Waals surface area contributed by atoms with Crippen LogP contribution in [0.15, 0.2) is 65.7 Å². The summed E-state index contributed by atoms with van der Waals surface area (Å²) in [6.07, 6.45) is 1.61. The number of nitrogens with zero attached hydrogens (tertiary/aromatic N) is 2. The van der Waals surface area contributed by atoms with Crippen molar-refractivity contribution in [2.24, 2.45) is 0 Å². The molecule has 0 amide bonds. The number of para-hydroxylation sites is 1. The number of nitrogens with one attached hydrogen (secondary N) is 1. The summed E-state index contributed by atoms with van der Waals surface area (Å²) in [4.78, 5) is 14.2. The number of hydrogen-bond acceptors (Lipinski definition) is 5. The van der Waals surface area contributed by atoms with Crippen molar-refractivity contribution in [2.75, 3.05) is 0 Å². The van der Waals surface area contributed by atoms with Crippen molar-refractivity contribution in [3.63, 3.8) is 0 Å². The van der Waals surface area contributed by atoms with E-state index in [1.807, 2.05) is 24.3 Å². The molecule has 0 aliphatic rings. The van der Waals surface area contributed by atoms with Gasteiger partial charge in [-0.3, -0.25) is 15.1 Å². The number of aromatic nitrogens is 1. The van der Waals surface area contributed by atoms with Gasteiger partial charge in [0.2, 0.25) is 10.0 Å². The lowest BCUT2D eigenvalue weighted by molar-refractivity contribution is -0.385. The molecular weight excluding hydrogens is 330 g/mol. The Morgan fingerprint density at radius 2 is 1.88 bits per heavy atom. The lowest BCUT2D eigenvalue weighted by Crippen LogP contribution is -2.23. The first kappa shape index (κ1) is 16.0. The Morgan fingerprint density at radius 3 is 2.67 bits per heavy atom. The summed E-state index contributed by atoms with van der Waals surface area (Å²) in [5.74, 6) is 0. The van der Waals surface area contributed by atoms with E-state index in [1.165, 1.54) is 18.2 Å². The fraction of sp³-hybridized carbons (Fsp3) is 0.0625. The smallest absolute Gasteiger partial charge is 0.258 e. The maximum atomic E-state index is 12.4. The van der Waals surface area contributed by atoms with Crippen molar-refractivity contribution in [3.8, 4) is 0 Å². The monoisotopic (exact) mass is 343 g/mol. The summed E-state index contributed by atoms with van der Waals surface area (Å²) >= 11 is 0. The molecule has 122 valence electrons. The number of pyridine rings is 1. The first-order valence-corrected chi connectivity index (χ1v) is 8.52. The first-order valence-electron chi connectivity index (χ1n) is 7.04. The molecule has 0 bridgehead atoms. The van der Waals surface area contributed by atoms with Gasteiger partial charge in [-0.2, -0.15) is 0 Å². The van der Waals surface area contributed by atoms with Gasteiger partial charge in [0, 0.05) is 30.3 Å². The van der Waals surface area contributed by atoms with E-state index < -0.39 is 14.9 Å². The van der Waals surface area contributed by atoms with Gasteiger partial charge >= 0.3 is 0 Å². The second-order valence-electron chi connectivity index (χ2n) is 5.07. The second-order valence-corrected chi connectivity index (χ2v) is 6.83. The quantitative estimate of drug-likeness (QED) is 0.567. The molecular formula is C16H13N3O4S. The van der Waals surface area contributed by atoms with Crippen LogP contribution in [0.1, 0.15) is 5.56 Å². The lowest BCUT2D eigenvalue weighted by Gasteiger charge is -2.09. The van der Waals surface area contributed by atoms with Crippen LogP contribution >= 0.6 is 0 Å². The van der Waals surface area contributed by atoms with Gasteiger partial charge < -0.3 is 0 Å². The zero-order chi connectivity index (χ0) is 17.2. The minimum absolute atomic E-state index is 0.0636. The standard InChI is InChI=1S/C16H13N3O4S/c20-19(21)13-4-3-5-14(10-13)24(22,23)18-11-12-8-9-17-16-7-2-1-6-15(12)16/h1-10,18H,11H2. The Morgan fingerprint density at radius 1 is 1.08 bits per heavy atom. The van der Waals surface area contributed by atoms with Gasteiger partial charge in [0.25, 0.3) is 5.69 Å². The molecule has 0 unspecified atom stereocenters. The van der Waals surface area contributed by atoms with E-state index in [4.69, 9.17) is 0 Å². The predicted octanol–water partition coefficient (Wildman–Crippen LogP) is 2.62. The molecule has 7 nitrogen and oxygen atoms in total. The number of rotatable bonds is 5. The SMILES string of the molecule is O=[N+]([O-])c1cccc(S(=O)(=O)NCc2ccnc3ccccc23)c1. The molecule has 0 radical (unpaired) electrons. The van der Waals surface area contributed by atoms with Crippen LogP contribution in [0.4, 0.5) is 5.69 Å². The van der Waals surface area contributed by atoms with E-state index >= 15 is 0 Å². The Hall–Kier alpha value is -2.84.